The van der Waals surface area contributed by atoms with Gasteiger partial charge in [0.25, 0.3) is 11.8 Å². The van der Waals surface area contributed by atoms with Crippen LogP contribution in [0.15, 0.2) is 0 Å². The summed E-state index contributed by atoms with van der Waals surface area (Å²) < 4.78 is 5.22. The van der Waals surface area contributed by atoms with Gasteiger partial charge in [-0.15, -0.1) is 0 Å². The molecule has 0 aromatic heterocycles. The number of piperidine rings is 3. The lowest BCUT2D eigenvalue weighted by Gasteiger charge is -2.59. The number of carbonyl (C=O) groups is 3. The summed E-state index contributed by atoms with van der Waals surface area (Å²) in [6.45, 7) is 8.29. The largest absolute Gasteiger partial charge is 0.384 e. The van der Waals surface area contributed by atoms with Crippen molar-refractivity contribution < 1.29 is 24.2 Å². The maximum Gasteiger partial charge on any atom is 0.251 e. The van der Waals surface area contributed by atoms with E-state index in [9.17, 15) is 19.5 Å². The Labute approximate surface area is 192 Å². The standard InChI is InChI=1S/C24H40N3O5/c1-17(28)22(30)27-12-6-5-11-24(27,20-7-13-25(14-8-20)19(3)29)21-9-15-26(16-10-21)23(31)18(2)32-4/h5,17-18,20-21,28H,6-16H2,1-4H3. The van der Waals surface area contributed by atoms with Gasteiger partial charge in [-0.05, 0) is 70.6 Å². The van der Waals surface area contributed by atoms with E-state index in [0.717, 1.165) is 38.5 Å². The minimum atomic E-state index is -1.03. The van der Waals surface area contributed by atoms with Crippen molar-refractivity contribution in [3.8, 4) is 0 Å². The topological polar surface area (TPSA) is 90.4 Å². The van der Waals surface area contributed by atoms with Crippen LogP contribution in [0.4, 0.5) is 0 Å². The highest BCUT2D eigenvalue weighted by atomic mass is 16.5. The van der Waals surface area contributed by atoms with E-state index in [-0.39, 0.29) is 35.1 Å². The number of ether oxygens (including phenoxy) is 1. The zero-order valence-electron chi connectivity index (χ0n) is 20.1. The predicted molar refractivity (Wildman–Crippen MR) is 120 cm³/mol. The summed E-state index contributed by atoms with van der Waals surface area (Å²) in [6, 6.07) is 0. The second-order valence-corrected chi connectivity index (χ2v) is 9.70. The Kier molecular flexibility index (Phi) is 8.20. The van der Waals surface area contributed by atoms with E-state index in [4.69, 9.17) is 4.74 Å². The van der Waals surface area contributed by atoms with Crippen molar-refractivity contribution in [1.82, 2.24) is 14.7 Å². The number of aliphatic hydroxyl groups is 1. The van der Waals surface area contributed by atoms with Gasteiger partial charge in [0.15, 0.2) is 0 Å². The SMILES string of the molecule is COC(C)C(=O)N1CCC(C2(C3CCN(C(C)=O)CC3)C[CH]CCN2C(=O)C(C)O)CC1. The summed E-state index contributed by atoms with van der Waals surface area (Å²) in [4.78, 5) is 43.4. The molecule has 0 aromatic rings. The molecule has 3 saturated heterocycles. The van der Waals surface area contributed by atoms with Crippen LogP contribution in [0.5, 0.6) is 0 Å². The number of aliphatic hydroxyl groups excluding tert-OH is 1. The Hall–Kier alpha value is -1.67. The van der Waals surface area contributed by atoms with Gasteiger partial charge in [0.1, 0.15) is 12.2 Å². The Bertz CT molecular complexity index is 683. The minimum absolute atomic E-state index is 0.0156. The highest BCUT2D eigenvalue weighted by Crippen LogP contribution is 2.48. The molecule has 181 valence electrons. The molecule has 3 unspecified atom stereocenters. The Morgan fingerprint density at radius 2 is 1.47 bits per heavy atom. The van der Waals surface area contributed by atoms with Gasteiger partial charge in [-0.25, -0.2) is 0 Å². The number of likely N-dealkylation sites (tertiary alicyclic amines) is 3. The molecule has 1 radical (unpaired) electrons. The van der Waals surface area contributed by atoms with Crippen LogP contribution in [0, 0.1) is 18.3 Å². The third kappa shape index (κ3) is 4.81. The van der Waals surface area contributed by atoms with E-state index < -0.39 is 12.2 Å². The molecule has 0 aromatic carbocycles. The number of amides is 3. The van der Waals surface area contributed by atoms with Crippen molar-refractivity contribution in [3.05, 3.63) is 6.42 Å². The zero-order chi connectivity index (χ0) is 23.5. The number of hydrogen-bond donors (Lipinski definition) is 1. The molecule has 3 aliphatic heterocycles. The average molecular weight is 451 g/mol. The molecule has 32 heavy (non-hydrogen) atoms. The van der Waals surface area contributed by atoms with Crippen molar-refractivity contribution in [2.24, 2.45) is 11.8 Å². The molecule has 0 spiro atoms. The van der Waals surface area contributed by atoms with Crippen LogP contribution in [0.2, 0.25) is 0 Å². The molecular weight excluding hydrogens is 410 g/mol. The summed E-state index contributed by atoms with van der Waals surface area (Å²) >= 11 is 0. The van der Waals surface area contributed by atoms with Crippen LogP contribution >= 0.6 is 0 Å². The van der Waals surface area contributed by atoms with Crippen molar-refractivity contribution in [2.75, 3.05) is 39.8 Å². The molecule has 3 fully saturated rings. The molecule has 0 saturated carbocycles. The number of hydrogen-bond acceptors (Lipinski definition) is 5. The molecule has 0 aliphatic carbocycles. The van der Waals surface area contributed by atoms with Gasteiger partial charge >= 0.3 is 0 Å². The summed E-state index contributed by atoms with van der Waals surface area (Å²) in [5.74, 6) is 0.434. The highest BCUT2D eigenvalue weighted by Gasteiger charge is 2.53. The molecule has 1 N–H and O–H groups in total. The third-order valence-electron chi connectivity index (χ3n) is 8.02. The van der Waals surface area contributed by atoms with Gasteiger partial charge in [-0.3, -0.25) is 14.4 Å². The van der Waals surface area contributed by atoms with E-state index in [1.54, 1.807) is 27.9 Å². The van der Waals surface area contributed by atoms with Crippen molar-refractivity contribution in [3.63, 3.8) is 0 Å². The summed E-state index contributed by atoms with van der Waals surface area (Å²) in [5, 5.41) is 10.2. The average Bonchev–Trinajstić information content (AvgIpc) is 2.82. The van der Waals surface area contributed by atoms with Crippen LogP contribution in [-0.2, 0) is 19.1 Å². The third-order valence-corrected chi connectivity index (χ3v) is 8.02. The fourth-order valence-electron chi connectivity index (χ4n) is 6.17. The lowest BCUT2D eigenvalue weighted by Crippen LogP contribution is -2.67. The van der Waals surface area contributed by atoms with Gasteiger partial charge in [-0.2, -0.15) is 0 Å². The van der Waals surface area contributed by atoms with E-state index in [0.29, 0.717) is 32.7 Å². The first-order valence-corrected chi connectivity index (χ1v) is 12.1. The maximum absolute atomic E-state index is 13.2. The molecular formula is C24H40N3O5. The van der Waals surface area contributed by atoms with E-state index >= 15 is 0 Å². The first kappa shape index (κ1) is 25.0. The van der Waals surface area contributed by atoms with Crippen molar-refractivity contribution in [1.29, 1.82) is 0 Å². The lowest BCUT2D eigenvalue weighted by atomic mass is 9.62. The second-order valence-electron chi connectivity index (χ2n) is 9.70. The van der Waals surface area contributed by atoms with E-state index in [1.807, 2.05) is 14.7 Å². The Morgan fingerprint density at radius 1 is 0.938 bits per heavy atom. The fourth-order valence-corrected chi connectivity index (χ4v) is 6.17. The fraction of sp³-hybridized carbons (Fsp3) is 0.833. The zero-order valence-corrected chi connectivity index (χ0v) is 20.1. The summed E-state index contributed by atoms with van der Waals surface area (Å²) in [6.07, 6.45) is 5.82. The number of nitrogens with zero attached hydrogens (tertiary/aromatic N) is 3. The summed E-state index contributed by atoms with van der Waals surface area (Å²) in [5.41, 5.74) is -0.364. The van der Waals surface area contributed by atoms with Gasteiger partial charge in [0.2, 0.25) is 5.91 Å². The van der Waals surface area contributed by atoms with Gasteiger partial charge in [0, 0.05) is 52.3 Å². The molecule has 3 aliphatic rings. The van der Waals surface area contributed by atoms with Crippen molar-refractivity contribution in [2.45, 2.75) is 77.0 Å². The smallest absolute Gasteiger partial charge is 0.251 e. The number of carbonyl (C=O) groups excluding carboxylic acids is 3. The molecule has 3 atom stereocenters. The summed E-state index contributed by atoms with van der Waals surface area (Å²) in [7, 11) is 1.55. The molecule has 0 bridgehead atoms. The molecule has 3 amide bonds. The molecule has 3 rings (SSSR count). The van der Waals surface area contributed by atoms with Gasteiger partial charge in [-0.1, -0.05) is 0 Å². The van der Waals surface area contributed by atoms with Gasteiger partial charge in [0.05, 0.1) is 0 Å². The predicted octanol–water partition coefficient (Wildman–Crippen LogP) is 1.46. The van der Waals surface area contributed by atoms with E-state index in [2.05, 4.69) is 6.42 Å². The van der Waals surface area contributed by atoms with Crippen LogP contribution in [0.3, 0.4) is 0 Å². The quantitative estimate of drug-likeness (QED) is 0.685. The monoisotopic (exact) mass is 450 g/mol. The normalized spacial score (nSPS) is 27.8. The molecule has 8 heteroatoms. The lowest BCUT2D eigenvalue weighted by molar-refractivity contribution is -0.161. The van der Waals surface area contributed by atoms with Crippen LogP contribution in [0.1, 0.15) is 59.3 Å². The highest BCUT2D eigenvalue weighted by molar-refractivity contribution is 5.82. The second kappa shape index (κ2) is 10.5. The molecule has 8 nitrogen and oxygen atoms in total. The number of rotatable bonds is 5. The number of methoxy groups -OCH3 is 1. The first-order chi connectivity index (χ1) is 15.2. The van der Waals surface area contributed by atoms with Crippen LogP contribution in [0.25, 0.3) is 0 Å². The molecule has 3 heterocycles. The Morgan fingerprint density at radius 3 is 1.94 bits per heavy atom. The first-order valence-electron chi connectivity index (χ1n) is 12.1. The van der Waals surface area contributed by atoms with Crippen molar-refractivity contribution >= 4 is 17.7 Å². The van der Waals surface area contributed by atoms with Crippen LogP contribution in [-0.4, -0.2) is 95.1 Å². The Balaban J connectivity index is 1.85. The van der Waals surface area contributed by atoms with Gasteiger partial charge < -0.3 is 24.5 Å². The van der Waals surface area contributed by atoms with Crippen LogP contribution < -0.4 is 0 Å². The van der Waals surface area contributed by atoms with E-state index in [1.165, 1.54) is 0 Å². The maximum atomic E-state index is 13.2. The minimum Gasteiger partial charge on any atom is -0.384 e.